The maximum absolute atomic E-state index is 12.5. The molecule has 2 heterocycles. The lowest BCUT2D eigenvalue weighted by atomic mass is 10.2. The summed E-state index contributed by atoms with van der Waals surface area (Å²) >= 11 is 0. The number of hydrogen-bond donors (Lipinski definition) is 1. The molecule has 7 heteroatoms. The normalized spacial score (nSPS) is 16.9. The lowest BCUT2D eigenvalue weighted by Crippen LogP contribution is -2.48. The summed E-state index contributed by atoms with van der Waals surface area (Å²) in [5.74, 6) is -0.259. The molecule has 0 bridgehead atoms. The highest BCUT2D eigenvalue weighted by molar-refractivity contribution is 5.81. The fraction of sp³-hybridized carbons (Fsp3) is 0.286. The zero-order valence-corrected chi connectivity index (χ0v) is 15.5. The number of aromatic nitrogens is 2. The monoisotopic (exact) mass is 378 g/mol. The molecule has 1 aliphatic rings. The Balaban J connectivity index is 1.34. The number of hydrogen-bond acceptors (Lipinski definition) is 5. The second-order valence-corrected chi connectivity index (χ2v) is 6.77. The first-order chi connectivity index (χ1) is 13.7. The number of rotatable bonds is 5. The number of para-hydroxylation sites is 1. The molecule has 144 valence electrons. The SMILES string of the molecule is O=C(Cn1ncc2ccccc2c1=O)NC[C@@H]1CN(c2ccccc2)CCO1. The Bertz CT molecular complexity index is 1020. The van der Waals surface area contributed by atoms with Gasteiger partial charge in [0.1, 0.15) is 6.54 Å². The summed E-state index contributed by atoms with van der Waals surface area (Å²) in [5.41, 5.74) is 0.881. The van der Waals surface area contributed by atoms with Gasteiger partial charge < -0.3 is 15.0 Å². The molecule has 0 unspecified atom stereocenters. The highest BCUT2D eigenvalue weighted by Gasteiger charge is 2.21. The zero-order chi connectivity index (χ0) is 19.3. The number of nitrogens with one attached hydrogen (secondary N) is 1. The molecule has 1 aromatic heterocycles. The van der Waals surface area contributed by atoms with Gasteiger partial charge in [-0.1, -0.05) is 36.4 Å². The standard InChI is InChI=1S/C21H22N4O3/c26-20(15-25-21(27)19-9-5-4-6-16(19)12-23-25)22-13-18-14-24(10-11-28-18)17-7-2-1-3-8-17/h1-9,12,18H,10-11,13-15H2,(H,22,26)/t18-/m1/s1. The molecular weight excluding hydrogens is 356 g/mol. The molecule has 4 rings (SSSR count). The van der Waals surface area contributed by atoms with Gasteiger partial charge in [0.15, 0.2) is 0 Å². The third-order valence-corrected chi connectivity index (χ3v) is 4.84. The Morgan fingerprint density at radius 2 is 1.93 bits per heavy atom. The molecule has 0 radical (unpaired) electrons. The van der Waals surface area contributed by atoms with Crippen LogP contribution in [0.4, 0.5) is 5.69 Å². The van der Waals surface area contributed by atoms with Crippen LogP contribution in [-0.2, 0) is 16.1 Å². The van der Waals surface area contributed by atoms with Gasteiger partial charge in [0.05, 0.1) is 24.3 Å². The van der Waals surface area contributed by atoms with Crippen molar-refractivity contribution < 1.29 is 9.53 Å². The molecule has 0 saturated carbocycles. The van der Waals surface area contributed by atoms with E-state index in [0.29, 0.717) is 25.1 Å². The topological polar surface area (TPSA) is 76.5 Å². The summed E-state index contributed by atoms with van der Waals surface area (Å²) in [6, 6.07) is 17.4. The molecule has 1 fully saturated rings. The van der Waals surface area contributed by atoms with Gasteiger partial charge in [-0.3, -0.25) is 9.59 Å². The second kappa shape index (κ2) is 8.22. The smallest absolute Gasteiger partial charge is 0.275 e. The first-order valence-electron chi connectivity index (χ1n) is 9.34. The van der Waals surface area contributed by atoms with E-state index in [2.05, 4.69) is 27.4 Å². The van der Waals surface area contributed by atoms with E-state index >= 15 is 0 Å². The highest BCUT2D eigenvalue weighted by atomic mass is 16.5. The van der Waals surface area contributed by atoms with Crippen molar-refractivity contribution in [3.63, 3.8) is 0 Å². The van der Waals surface area contributed by atoms with Crippen molar-refractivity contribution in [1.29, 1.82) is 0 Å². The lowest BCUT2D eigenvalue weighted by molar-refractivity contribution is -0.122. The summed E-state index contributed by atoms with van der Waals surface area (Å²) in [5, 5.41) is 8.27. The van der Waals surface area contributed by atoms with Crippen molar-refractivity contribution >= 4 is 22.4 Å². The number of carbonyl (C=O) groups is 1. The summed E-state index contributed by atoms with van der Waals surface area (Å²) in [7, 11) is 0. The Morgan fingerprint density at radius 3 is 2.79 bits per heavy atom. The van der Waals surface area contributed by atoms with Gasteiger partial charge in [-0.25, -0.2) is 4.68 Å². The van der Waals surface area contributed by atoms with Crippen molar-refractivity contribution in [3.8, 4) is 0 Å². The fourth-order valence-electron chi connectivity index (χ4n) is 3.38. The molecule has 1 N–H and O–H groups in total. The summed E-state index contributed by atoms with van der Waals surface area (Å²) < 4.78 is 6.96. The van der Waals surface area contributed by atoms with E-state index in [1.54, 1.807) is 18.3 Å². The van der Waals surface area contributed by atoms with E-state index in [-0.39, 0.29) is 24.1 Å². The largest absolute Gasteiger partial charge is 0.373 e. The van der Waals surface area contributed by atoms with Crippen LogP contribution in [0.2, 0.25) is 0 Å². The fourth-order valence-corrected chi connectivity index (χ4v) is 3.38. The molecule has 3 aromatic rings. The average molecular weight is 378 g/mol. The van der Waals surface area contributed by atoms with Crippen LogP contribution in [0, 0.1) is 0 Å². The summed E-state index contributed by atoms with van der Waals surface area (Å²) in [4.78, 5) is 27.0. The van der Waals surface area contributed by atoms with E-state index in [1.165, 1.54) is 4.68 Å². The summed E-state index contributed by atoms with van der Waals surface area (Å²) in [6.07, 6.45) is 1.51. The van der Waals surface area contributed by atoms with Crippen molar-refractivity contribution in [2.24, 2.45) is 0 Å². The van der Waals surface area contributed by atoms with Crippen LogP contribution in [0.3, 0.4) is 0 Å². The number of amides is 1. The minimum absolute atomic E-state index is 0.0980. The van der Waals surface area contributed by atoms with Crippen LogP contribution in [0.15, 0.2) is 65.6 Å². The van der Waals surface area contributed by atoms with Crippen molar-refractivity contribution in [2.45, 2.75) is 12.6 Å². The van der Waals surface area contributed by atoms with Gasteiger partial charge in [0.25, 0.3) is 5.56 Å². The van der Waals surface area contributed by atoms with Crippen LogP contribution < -0.4 is 15.8 Å². The van der Waals surface area contributed by atoms with E-state index in [0.717, 1.165) is 17.6 Å². The first kappa shape index (κ1) is 18.2. The third-order valence-electron chi connectivity index (χ3n) is 4.84. The zero-order valence-electron chi connectivity index (χ0n) is 15.5. The Kier molecular flexibility index (Phi) is 5.34. The number of fused-ring (bicyclic) bond motifs is 1. The Morgan fingerprint density at radius 1 is 1.14 bits per heavy atom. The Hall–Kier alpha value is -3.19. The predicted molar refractivity (Wildman–Crippen MR) is 107 cm³/mol. The van der Waals surface area contributed by atoms with Gasteiger partial charge in [-0.2, -0.15) is 5.10 Å². The molecule has 1 atom stereocenters. The van der Waals surface area contributed by atoms with Crippen molar-refractivity contribution in [2.75, 3.05) is 31.1 Å². The van der Waals surface area contributed by atoms with Gasteiger partial charge in [0.2, 0.25) is 5.91 Å². The maximum Gasteiger partial charge on any atom is 0.275 e. The average Bonchev–Trinajstić information content (AvgIpc) is 2.75. The van der Waals surface area contributed by atoms with Crippen molar-refractivity contribution in [3.05, 3.63) is 71.1 Å². The number of anilines is 1. The molecular formula is C21H22N4O3. The summed E-state index contributed by atoms with van der Waals surface area (Å²) in [6.45, 7) is 2.42. The lowest BCUT2D eigenvalue weighted by Gasteiger charge is -2.34. The molecule has 2 aromatic carbocycles. The number of nitrogens with zero attached hydrogens (tertiary/aromatic N) is 3. The number of ether oxygens (including phenoxy) is 1. The van der Waals surface area contributed by atoms with Gasteiger partial charge in [0, 0.05) is 30.7 Å². The molecule has 1 saturated heterocycles. The van der Waals surface area contributed by atoms with Gasteiger partial charge >= 0.3 is 0 Å². The predicted octanol–water partition coefficient (Wildman–Crippen LogP) is 1.42. The molecule has 0 spiro atoms. The Labute approximate surface area is 162 Å². The molecule has 0 aliphatic carbocycles. The van der Waals surface area contributed by atoms with Gasteiger partial charge in [-0.15, -0.1) is 0 Å². The molecule has 28 heavy (non-hydrogen) atoms. The highest BCUT2D eigenvalue weighted by Crippen LogP contribution is 2.16. The van der Waals surface area contributed by atoms with Crippen LogP contribution in [0.5, 0.6) is 0 Å². The van der Waals surface area contributed by atoms with E-state index in [9.17, 15) is 9.59 Å². The number of carbonyl (C=O) groups excluding carboxylic acids is 1. The second-order valence-electron chi connectivity index (χ2n) is 6.77. The van der Waals surface area contributed by atoms with E-state index in [4.69, 9.17) is 4.74 Å². The quantitative estimate of drug-likeness (QED) is 0.727. The molecule has 1 amide bonds. The number of morpholine rings is 1. The van der Waals surface area contributed by atoms with Gasteiger partial charge in [-0.05, 0) is 18.2 Å². The van der Waals surface area contributed by atoms with Crippen molar-refractivity contribution in [1.82, 2.24) is 15.1 Å². The molecule has 7 nitrogen and oxygen atoms in total. The number of benzene rings is 2. The van der Waals surface area contributed by atoms with E-state index in [1.807, 2.05) is 30.3 Å². The van der Waals surface area contributed by atoms with Crippen LogP contribution in [0.25, 0.3) is 10.8 Å². The van der Waals surface area contributed by atoms with Crippen LogP contribution in [-0.4, -0.2) is 48.0 Å². The first-order valence-corrected chi connectivity index (χ1v) is 9.34. The minimum atomic E-state index is -0.266. The molecule has 1 aliphatic heterocycles. The third kappa shape index (κ3) is 4.04. The van der Waals surface area contributed by atoms with Crippen LogP contribution in [0.1, 0.15) is 0 Å². The minimum Gasteiger partial charge on any atom is -0.373 e. The van der Waals surface area contributed by atoms with Crippen LogP contribution >= 0.6 is 0 Å². The van der Waals surface area contributed by atoms with E-state index < -0.39 is 0 Å². The maximum atomic E-state index is 12.5.